The second-order valence-corrected chi connectivity index (χ2v) is 4.91. The van der Waals surface area contributed by atoms with E-state index in [-0.39, 0.29) is 6.03 Å². The lowest BCUT2D eigenvalue weighted by Crippen LogP contribution is -2.41. The summed E-state index contributed by atoms with van der Waals surface area (Å²) < 4.78 is 0. The molecule has 0 saturated carbocycles. The van der Waals surface area contributed by atoms with E-state index in [4.69, 9.17) is 11.6 Å². The molecule has 1 fully saturated rings. The normalized spacial score (nSPS) is 19.4. The molecule has 1 atom stereocenters. The van der Waals surface area contributed by atoms with Crippen LogP contribution in [0.25, 0.3) is 0 Å². The maximum absolute atomic E-state index is 11.9. The number of carbonyl (C=O) groups is 1. The van der Waals surface area contributed by atoms with E-state index >= 15 is 0 Å². The molecule has 92 valence electrons. The molecule has 0 aliphatic carbocycles. The van der Waals surface area contributed by atoms with Crippen molar-refractivity contribution in [3.05, 3.63) is 34.9 Å². The maximum atomic E-state index is 11.9. The van der Waals surface area contributed by atoms with Crippen LogP contribution in [-0.2, 0) is 6.54 Å². The molecule has 0 unspecified atom stereocenters. The van der Waals surface area contributed by atoms with Gasteiger partial charge in [0.1, 0.15) is 0 Å². The number of carbonyl (C=O) groups excluding carboxylic acids is 1. The van der Waals surface area contributed by atoms with Crippen molar-refractivity contribution in [2.45, 2.75) is 32.4 Å². The second-order valence-electron chi connectivity index (χ2n) is 4.47. The molecule has 1 N–H and O–H groups in total. The summed E-state index contributed by atoms with van der Waals surface area (Å²) in [5, 5.41) is 3.63. The van der Waals surface area contributed by atoms with Gasteiger partial charge in [0.05, 0.1) is 0 Å². The number of halogens is 1. The first kappa shape index (κ1) is 12.2. The van der Waals surface area contributed by atoms with E-state index in [0.29, 0.717) is 17.6 Å². The molecular formula is C13H17ClN2O. The molecule has 4 heteroatoms. The van der Waals surface area contributed by atoms with Gasteiger partial charge < -0.3 is 10.2 Å². The highest BCUT2D eigenvalue weighted by Crippen LogP contribution is 2.16. The van der Waals surface area contributed by atoms with Gasteiger partial charge in [-0.25, -0.2) is 4.79 Å². The van der Waals surface area contributed by atoms with Crippen molar-refractivity contribution in [2.75, 3.05) is 6.54 Å². The molecule has 1 aliphatic rings. The average molecular weight is 253 g/mol. The molecule has 0 bridgehead atoms. The van der Waals surface area contributed by atoms with Gasteiger partial charge in [-0.3, -0.25) is 0 Å². The Balaban J connectivity index is 1.88. The van der Waals surface area contributed by atoms with Gasteiger partial charge in [-0.1, -0.05) is 23.7 Å². The molecule has 0 aromatic heterocycles. The Morgan fingerprint density at radius 2 is 2.41 bits per heavy atom. The Hall–Kier alpha value is -1.22. The van der Waals surface area contributed by atoms with E-state index in [1.165, 1.54) is 0 Å². The Morgan fingerprint density at radius 3 is 3.06 bits per heavy atom. The number of rotatable bonds is 2. The molecule has 1 saturated heterocycles. The van der Waals surface area contributed by atoms with Gasteiger partial charge in [0.2, 0.25) is 0 Å². The SMILES string of the molecule is C[C@@H]1CCCN1C(=O)NCc1cccc(Cl)c1. The van der Waals surface area contributed by atoms with Crippen LogP contribution in [0, 0.1) is 0 Å². The van der Waals surface area contributed by atoms with Crippen LogP contribution in [0.15, 0.2) is 24.3 Å². The van der Waals surface area contributed by atoms with Gasteiger partial charge in [-0.2, -0.15) is 0 Å². The van der Waals surface area contributed by atoms with Gasteiger partial charge in [-0.15, -0.1) is 0 Å². The minimum absolute atomic E-state index is 0.0231. The van der Waals surface area contributed by atoms with E-state index in [2.05, 4.69) is 12.2 Å². The van der Waals surface area contributed by atoms with Crippen LogP contribution < -0.4 is 5.32 Å². The van der Waals surface area contributed by atoms with Crippen molar-refractivity contribution >= 4 is 17.6 Å². The van der Waals surface area contributed by atoms with Crippen molar-refractivity contribution in [3.63, 3.8) is 0 Å². The fraction of sp³-hybridized carbons (Fsp3) is 0.462. The highest BCUT2D eigenvalue weighted by atomic mass is 35.5. The highest BCUT2D eigenvalue weighted by Gasteiger charge is 2.24. The lowest BCUT2D eigenvalue weighted by atomic mass is 10.2. The molecule has 3 nitrogen and oxygen atoms in total. The topological polar surface area (TPSA) is 32.3 Å². The van der Waals surface area contributed by atoms with Gasteiger partial charge in [0.25, 0.3) is 0 Å². The quantitative estimate of drug-likeness (QED) is 0.862. The molecular weight excluding hydrogens is 236 g/mol. The van der Waals surface area contributed by atoms with Crippen molar-refractivity contribution in [1.29, 1.82) is 0 Å². The fourth-order valence-electron chi connectivity index (χ4n) is 2.16. The number of likely N-dealkylation sites (tertiary alicyclic amines) is 1. The van der Waals surface area contributed by atoms with E-state index in [0.717, 1.165) is 24.9 Å². The summed E-state index contributed by atoms with van der Waals surface area (Å²) in [6.45, 7) is 3.48. The van der Waals surface area contributed by atoms with Crippen molar-refractivity contribution < 1.29 is 4.79 Å². The minimum atomic E-state index is 0.0231. The highest BCUT2D eigenvalue weighted by molar-refractivity contribution is 6.30. The number of hydrogen-bond acceptors (Lipinski definition) is 1. The van der Waals surface area contributed by atoms with E-state index in [9.17, 15) is 4.79 Å². The molecule has 1 aliphatic heterocycles. The number of urea groups is 1. The lowest BCUT2D eigenvalue weighted by Gasteiger charge is -2.21. The number of amides is 2. The zero-order valence-electron chi connectivity index (χ0n) is 9.95. The Morgan fingerprint density at radius 1 is 1.59 bits per heavy atom. The molecule has 17 heavy (non-hydrogen) atoms. The predicted molar refractivity (Wildman–Crippen MR) is 69.1 cm³/mol. The average Bonchev–Trinajstić information content (AvgIpc) is 2.72. The Bertz CT molecular complexity index is 408. The van der Waals surface area contributed by atoms with Crippen LogP contribution in [0.4, 0.5) is 4.79 Å². The van der Waals surface area contributed by atoms with E-state index in [1.54, 1.807) is 0 Å². The predicted octanol–water partition coefficient (Wildman–Crippen LogP) is 3.03. The molecule has 2 rings (SSSR count). The largest absolute Gasteiger partial charge is 0.334 e. The van der Waals surface area contributed by atoms with Crippen LogP contribution in [0.3, 0.4) is 0 Å². The standard InChI is InChI=1S/C13H17ClN2O/c1-10-4-3-7-16(10)13(17)15-9-11-5-2-6-12(14)8-11/h2,5-6,8,10H,3-4,7,9H2,1H3,(H,15,17)/t10-/m1/s1. The summed E-state index contributed by atoms with van der Waals surface area (Å²) in [6.07, 6.45) is 2.20. The third-order valence-electron chi connectivity index (χ3n) is 3.15. The van der Waals surface area contributed by atoms with E-state index < -0.39 is 0 Å². The Labute approximate surface area is 107 Å². The fourth-order valence-corrected chi connectivity index (χ4v) is 2.37. The van der Waals surface area contributed by atoms with Crippen LogP contribution in [0.5, 0.6) is 0 Å². The molecule has 1 aromatic rings. The lowest BCUT2D eigenvalue weighted by molar-refractivity contribution is 0.195. The van der Waals surface area contributed by atoms with E-state index in [1.807, 2.05) is 29.2 Å². The summed E-state index contributed by atoms with van der Waals surface area (Å²) >= 11 is 5.89. The molecule has 1 heterocycles. The number of nitrogens with one attached hydrogen (secondary N) is 1. The minimum Gasteiger partial charge on any atom is -0.334 e. The van der Waals surface area contributed by atoms with Crippen molar-refractivity contribution in [3.8, 4) is 0 Å². The van der Waals surface area contributed by atoms with Crippen molar-refractivity contribution in [1.82, 2.24) is 10.2 Å². The second kappa shape index (κ2) is 5.41. The first-order chi connectivity index (χ1) is 8.16. The monoisotopic (exact) mass is 252 g/mol. The van der Waals surface area contributed by atoms with Crippen LogP contribution >= 0.6 is 11.6 Å². The number of hydrogen-bond donors (Lipinski definition) is 1. The van der Waals surface area contributed by atoms with Gasteiger partial charge in [-0.05, 0) is 37.5 Å². The zero-order chi connectivity index (χ0) is 12.3. The van der Waals surface area contributed by atoms with Crippen LogP contribution in [0.1, 0.15) is 25.3 Å². The summed E-state index contributed by atoms with van der Waals surface area (Å²) in [7, 11) is 0. The van der Waals surface area contributed by atoms with Gasteiger partial charge in [0.15, 0.2) is 0 Å². The van der Waals surface area contributed by atoms with Crippen LogP contribution in [-0.4, -0.2) is 23.5 Å². The zero-order valence-corrected chi connectivity index (χ0v) is 10.7. The smallest absolute Gasteiger partial charge is 0.317 e. The Kier molecular flexibility index (Phi) is 3.89. The first-order valence-corrected chi connectivity index (χ1v) is 6.33. The first-order valence-electron chi connectivity index (χ1n) is 5.96. The van der Waals surface area contributed by atoms with Crippen LogP contribution in [0.2, 0.25) is 5.02 Å². The summed E-state index contributed by atoms with van der Waals surface area (Å²) in [5.74, 6) is 0. The molecule has 2 amide bonds. The number of benzene rings is 1. The third-order valence-corrected chi connectivity index (χ3v) is 3.38. The van der Waals surface area contributed by atoms with Crippen molar-refractivity contribution in [2.24, 2.45) is 0 Å². The maximum Gasteiger partial charge on any atom is 0.317 e. The summed E-state index contributed by atoms with van der Waals surface area (Å²) in [6, 6.07) is 7.93. The van der Waals surface area contributed by atoms with Gasteiger partial charge >= 0.3 is 6.03 Å². The number of nitrogens with zero attached hydrogens (tertiary/aromatic N) is 1. The summed E-state index contributed by atoms with van der Waals surface area (Å²) in [5.41, 5.74) is 1.03. The third kappa shape index (κ3) is 3.13. The molecule has 0 spiro atoms. The molecule has 0 radical (unpaired) electrons. The molecule has 1 aromatic carbocycles. The summed E-state index contributed by atoms with van der Waals surface area (Å²) in [4.78, 5) is 13.8. The van der Waals surface area contributed by atoms with Gasteiger partial charge in [0, 0.05) is 24.2 Å².